The zero-order valence-corrected chi connectivity index (χ0v) is 13.1. The number of hydrogen-bond donors (Lipinski definition) is 0. The molecule has 1 unspecified atom stereocenters. The van der Waals surface area contributed by atoms with Crippen molar-refractivity contribution in [2.24, 2.45) is 7.05 Å². The van der Waals surface area contributed by atoms with Crippen molar-refractivity contribution in [2.45, 2.75) is 39.4 Å². The maximum Gasteiger partial charge on any atom is 0.199 e. The van der Waals surface area contributed by atoms with E-state index in [-0.39, 0.29) is 6.29 Å². The topological polar surface area (TPSA) is 36.3 Å². The van der Waals surface area contributed by atoms with E-state index in [1.165, 1.54) is 0 Å². The minimum Gasteiger partial charge on any atom is -0.465 e. The number of rotatable bonds is 5. The van der Waals surface area contributed by atoms with Crippen molar-refractivity contribution in [3.63, 3.8) is 0 Å². The van der Waals surface area contributed by atoms with Gasteiger partial charge in [-0.1, -0.05) is 6.58 Å². The molecule has 1 aromatic heterocycles. The highest BCUT2D eigenvalue weighted by Crippen LogP contribution is 2.19. The van der Waals surface area contributed by atoms with Crippen molar-refractivity contribution in [1.82, 2.24) is 9.78 Å². The van der Waals surface area contributed by atoms with Crippen LogP contribution >= 0.6 is 0 Å². The predicted octanol–water partition coefficient (Wildman–Crippen LogP) is 3.74. The first-order chi connectivity index (χ1) is 10.1. The molecular formula is C17H24N2O2. The van der Waals surface area contributed by atoms with E-state index in [1.54, 1.807) is 0 Å². The molecule has 0 bridgehead atoms. The Labute approximate surface area is 126 Å². The molecule has 0 aliphatic carbocycles. The fourth-order valence-corrected chi connectivity index (χ4v) is 2.15. The Morgan fingerprint density at radius 1 is 1.48 bits per heavy atom. The molecule has 4 heteroatoms. The number of aryl methyl sites for hydroxylation is 2. The zero-order chi connectivity index (χ0) is 15.2. The quantitative estimate of drug-likeness (QED) is 0.611. The Bertz CT molecular complexity index is 530. The molecule has 0 aromatic carbocycles. The molecule has 114 valence electrons. The van der Waals surface area contributed by atoms with Gasteiger partial charge in [0.05, 0.1) is 12.3 Å². The molecule has 1 aromatic rings. The van der Waals surface area contributed by atoms with E-state index in [0.717, 1.165) is 48.6 Å². The predicted molar refractivity (Wildman–Crippen MR) is 84.6 cm³/mol. The van der Waals surface area contributed by atoms with Crippen molar-refractivity contribution in [3.05, 3.63) is 48.0 Å². The number of ether oxygens (including phenoxy) is 2. The van der Waals surface area contributed by atoms with Crippen LogP contribution in [0.2, 0.25) is 0 Å². The van der Waals surface area contributed by atoms with Gasteiger partial charge in [-0.2, -0.15) is 5.10 Å². The lowest BCUT2D eigenvalue weighted by molar-refractivity contribution is -0.136. The van der Waals surface area contributed by atoms with Crippen molar-refractivity contribution in [3.8, 4) is 0 Å². The van der Waals surface area contributed by atoms with E-state index in [1.807, 2.05) is 49.9 Å². The molecular weight excluding hydrogens is 264 g/mol. The molecule has 21 heavy (non-hydrogen) atoms. The third-order valence-electron chi connectivity index (χ3n) is 3.58. The number of nitrogens with zero attached hydrogens (tertiary/aromatic N) is 2. The highest BCUT2D eigenvalue weighted by molar-refractivity contribution is 5.70. The SMILES string of the molecule is C=C(/C=C\C(=C/C)OC1CCCCO1)c1cc(C)n(C)n1. The molecule has 1 aliphatic rings. The third kappa shape index (κ3) is 4.33. The van der Waals surface area contributed by atoms with Gasteiger partial charge in [-0.25, -0.2) is 0 Å². The molecule has 1 atom stereocenters. The molecule has 4 nitrogen and oxygen atoms in total. The summed E-state index contributed by atoms with van der Waals surface area (Å²) in [5.41, 5.74) is 2.86. The summed E-state index contributed by atoms with van der Waals surface area (Å²) in [6, 6.07) is 2.02. The third-order valence-corrected chi connectivity index (χ3v) is 3.58. The first-order valence-corrected chi connectivity index (χ1v) is 7.42. The molecule has 0 spiro atoms. The second-order valence-corrected chi connectivity index (χ2v) is 5.26. The minimum absolute atomic E-state index is 0.125. The first-order valence-electron chi connectivity index (χ1n) is 7.42. The van der Waals surface area contributed by atoms with E-state index in [9.17, 15) is 0 Å². The molecule has 0 saturated carbocycles. The van der Waals surface area contributed by atoms with Gasteiger partial charge in [0, 0.05) is 19.2 Å². The Morgan fingerprint density at radius 2 is 2.29 bits per heavy atom. The molecule has 1 saturated heterocycles. The van der Waals surface area contributed by atoms with Crippen LogP contribution in [0.25, 0.3) is 5.57 Å². The van der Waals surface area contributed by atoms with Gasteiger partial charge in [-0.3, -0.25) is 4.68 Å². The summed E-state index contributed by atoms with van der Waals surface area (Å²) >= 11 is 0. The summed E-state index contributed by atoms with van der Waals surface area (Å²) in [7, 11) is 1.93. The normalized spacial score (nSPS) is 20.0. The highest BCUT2D eigenvalue weighted by Gasteiger charge is 2.15. The van der Waals surface area contributed by atoms with E-state index in [2.05, 4.69) is 11.7 Å². The van der Waals surface area contributed by atoms with Crippen molar-refractivity contribution < 1.29 is 9.47 Å². The summed E-state index contributed by atoms with van der Waals surface area (Å²) in [4.78, 5) is 0. The maximum atomic E-state index is 5.84. The van der Waals surface area contributed by atoms with Gasteiger partial charge in [-0.05, 0) is 56.6 Å². The second-order valence-electron chi connectivity index (χ2n) is 5.26. The number of aromatic nitrogens is 2. The Balaban J connectivity index is 1.95. The van der Waals surface area contributed by atoms with Crippen LogP contribution in [-0.4, -0.2) is 22.7 Å². The van der Waals surface area contributed by atoms with E-state index in [0.29, 0.717) is 0 Å². The van der Waals surface area contributed by atoms with Crippen LogP contribution in [-0.2, 0) is 16.5 Å². The number of allylic oxidation sites excluding steroid dienone is 4. The van der Waals surface area contributed by atoms with Crippen molar-refractivity contribution in [1.29, 1.82) is 0 Å². The molecule has 1 fully saturated rings. The maximum absolute atomic E-state index is 5.84. The average molecular weight is 288 g/mol. The highest BCUT2D eigenvalue weighted by atomic mass is 16.7. The Hall–Kier alpha value is -1.81. The van der Waals surface area contributed by atoms with Gasteiger partial charge in [0.1, 0.15) is 5.76 Å². The van der Waals surface area contributed by atoms with Crippen LogP contribution < -0.4 is 0 Å². The van der Waals surface area contributed by atoms with Gasteiger partial charge in [0.15, 0.2) is 6.29 Å². The van der Waals surface area contributed by atoms with E-state index in [4.69, 9.17) is 9.47 Å². The van der Waals surface area contributed by atoms with Crippen LogP contribution in [0.4, 0.5) is 0 Å². The van der Waals surface area contributed by atoms with E-state index < -0.39 is 0 Å². The molecule has 0 N–H and O–H groups in total. The minimum atomic E-state index is -0.125. The Kier molecular flexibility index (Phi) is 5.39. The van der Waals surface area contributed by atoms with Crippen molar-refractivity contribution >= 4 is 5.57 Å². The molecule has 0 amide bonds. The molecule has 1 aliphatic heterocycles. The fraction of sp³-hybridized carbons (Fsp3) is 0.471. The fourth-order valence-electron chi connectivity index (χ4n) is 2.15. The van der Waals surface area contributed by atoms with Gasteiger partial charge >= 0.3 is 0 Å². The summed E-state index contributed by atoms with van der Waals surface area (Å²) in [6.45, 7) is 8.82. The zero-order valence-electron chi connectivity index (χ0n) is 13.1. The first kappa shape index (κ1) is 15.6. The molecule has 0 radical (unpaired) electrons. The second kappa shape index (κ2) is 7.27. The van der Waals surface area contributed by atoms with Crippen LogP contribution in [0.15, 0.2) is 36.6 Å². The van der Waals surface area contributed by atoms with Gasteiger partial charge in [0.2, 0.25) is 0 Å². The molecule has 2 heterocycles. The Morgan fingerprint density at radius 3 is 2.86 bits per heavy atom. The van der Waals surface area contributed by atoms with Crippen LogP contribution in [0.1, 0.15) is 37.6 Å². The van der Waals surface area contributed by atoms with Crippen LogP contribution in [0.3, 0.4) is 0 Å². The van der Waals surface area contributed by atoms with Gasteiger partial charge in [-0.15, -0.1) is 0 Å². The lowest BCUT2D eigenvalue weighted by atomic mass is 10.2. The summed E-state index contributed by atoms with van der Waals surface area (Å²) in [5, 5.41) is 4.41. The monoisotopic (exact) mass is 288 g/mol. The van der Waals surface area contributed by atoms with Gasteiger partial charge < -0.3 is 9.47 Å². The van der Waals surface area contributed by atoms with Crippen LogP contribution in [0, 0.1) is 6.92 Å². The largest absolute Gasteiger partial charge is 0.465 e. The van der Waals surface area contributed by atoms with E-state index >= 15 is 0 Å². The lowest BCUT2D eigenvalue weighted by Gasteiger charge is -2.23. The standard InChI is InChI=1S/C17H24N2O2/c1-5-15(21-17-8-6-7-11-20-17)10-9-13(2)16-12-14(3)19(4)18-16/h5,9-10,12,17H,2,6-8,11H2,1,3-4H3/b10-9-,15-5+. The molecule has 2 rings (SSSR count). The smallest absolute Gasteiger partial charge is 0.199 e. The summed E-state index contributed by atoms with van der Waals surface area (Å²) < 4.78 is 13.3. The van der Waals surface area contributed by atoms with Crippen molar-refractivity contribution in [2.75, 3.05) is 6.61 Å². The number of hydrogen-bond acceptors (Lipinski definition) is 3. The van der Waals surface area contributed by atoms with Crippen LogP contribution in [0.5, 0.6) is 0 Å². The average Bonchev–Trinajstić information content (AvgIpc) is 2.84. The lowest BCUT2D eigenvalue weighted by Crippen LogP contribution is -2.21. The summed E-state index contributed by atoms with van der Waals surface area (Å²) in [5.74, 6) is 0.802. The summed E-state index contributed by atoms with van der Waals surface area (Å²) in [6.07, 6.45) is 8.89. The van der Waals surface area contributed by atoms with Gasteiger partial charge in [0.25, 0.3) is 0 Å².